The molecule has 16 heavy (non-hydrogen) atoms. The molecule has 1 heterocycles. The van der Waals surface area contributed by atoms with E-state index in [1.165, 1.54) is 0 Å². The number of nitrogens with zero attached hydrogens (tertiary/aromatic N) is 2. The molecule has 0 bridgehead atoms. The Bertz CT molecular complexity index is 425. The van der Waals surface area contributed by atoms with Gasteiger partial charge in [0.1, 0.15) is 4.75 Å². The fourth-order valence-corrected chi connectivity index (χ4v) is 1.49. The Morgan fingerprint density at radius 3 is 2.50 bits per heavy atom. The first-order valence-corrected chi connectivity index (χ1v) is 5.56. The lowest BCUT2D eigenvalue weighted by molar-refractivity contribution is -0.137. The fraction of sp³-hybridized carbons (Fsp3) is 0.400. The summed E-state index contributed by atoms with van der Waals surface area (Å²) in [4.78, 5) is 3.82. The third-order valence-electron chi connectivity index (χ3n) is 2.20. The number of pyridine rings is 1. The van der Waals surface area contributed by atoms with Crippen molar-refractivity contribution >= 4 is 11.8 Å². The van der Waals surface area contributed by atoms with E-state index >= 15 is 0 Å². The maximum Gasteiger partial charge on any atom is 0.416 e. The molecule has 1 aromatic heterocycles. The number of alkyl halides is 3. The van der Waals surface area contributed by atoms with Gasteiger partial charge in [-0.05, 0) is 25.3 Å². The van der Waals surface area contributed by atoms with Gasteiger partial charge in [0, 0.05) is 6.20 Å². The maximum absolute atomic E-state index is 12.4. The Kier molecular flexibility index (Phi) is 3.48. The summed E-state index contributed by atoms with van der Waals surface area (Å²) in [5.74, 6) is 0. The molecule has 0 amide bonds. The zero-order valence-corrected chi connectivity index (χ0v) is 9.49. The van der Waals surface area contributed by atoms with Crippen LogP contribution in [0.5, 0.6) is 0 Å². The fourth-order valence-electron chi connectivity index (χ4n) is 1.08. The quantitative estimate of drug-likeness (QED) is 0.804. The molecule has 0 aliphatic rings. The predicted octanol–water partition coefficient (Wildman–Crippen LogP) is 3.20. The van der Waals surface area contributed by atoms with Crippen molar-refractivity contribution in [2.24, 2.45) is 0 Å². The molecule has 0 radical (unpaired) electrons. The molecule has 0 spiro atoms. The van der Waals surface area contributed by atoms with Crippen molar-refractivity contribution in [1.29, 1.82) is 5.26 Å². The number of thioether (sulfide) groups is 1. The molecule has 2 nitrogen and oxygen atoms in total. The third-order valence-corrected chi connectivity index (χ3v) is 3.31. The average Bonchev–Trinajstić information content (AvgIpc) is 2.27. The highest BCUT2D eigenvalue weighted by Crippen LogP contribution is 2.35. The maximum atomic E-state index is 12.4. The summed E-state index contributed by atoms with van der Waals surface area (Å²) in [6, 6.07) is 3.76. The topological polar surface area (TPSA) is 36.7 Å². The van der Waals surface area contributed by atoms with Crippen molar-refractivity contribution in [1.82, 2.24) is 4.98 Å². The average molecular weight is 246 g/mol. The number of rotatable bonds is 2. The lowest BCUT2D eigenvalue weighted by Gasteiger charge is -2.19. The van der Waals surface area contributed by atoms with Crippen molar-refractivity contribution in [3.63, 3.8) is 0 Å². The van der Waals surface area contributed by atoms with Crippen LogP contribution in [0.3, 0.4) is 0 Å². The van der Waals surface area contributed by atoms with Crippen molar-refractivity contribution in [2.75, 3.05) is 6.26 Å². The molecule has 1 unspecified atom stereocenters. The molecule has 6 heteroatoms. The van der Waals surface area contributed by atoms with Crippen LogP contribution in [-0.4, -0.2) is 11.2 Å². The Hall–Kier alpha value is -1.22. The van der Waals surface area contributed by atoms with Gasteiger partial charge in [0.05, 0.1) is 17.3 Å². The standard InChI is InChI=1S/C10H9F3N2S/c1-9(6-14,16-2)8-5-7(3-4-15-8)10(11,12)13/h3-5H,1-2H3. The Morgan fingerprint density at radius 2 is 2.06 bits per heavy atom. The van der Waals surface area contributed by atoms with Crippen molar-refractivity contribution < 1.29 is 13.2 Å². The van der Waals surface area contributed by atoms with Crippen LogP contribution in [0.4, 0.5) is 13.2 Å². The second-order valence-corrected chi connectivity index (χ2v) is 4.50. The third kappa shape index (κ3) is 2.47. The second kappa shape index (κ2) is 4.34. The summed E-state index contributed by atoms with van der Waals surface area (Å²) in [6.07, 6.45) is -1.68. The van der Waals surface area contributed by atoms with E-state index in [9.17, 15) is 13.2 Å². The molecule has 0 saturated heterocycles. The van der Waals surface area contributed by atoms with E-state index in [-0.39, 0.29) is 5.69 Å². The van der Waals surface area contributed by atoms with Gasteiger partial charge in [0.2, 0.25) is 0 Å². The Balaban J connectivity index is 3.24. The minimum Gasteiger partial charge on any atom is -0.259 e. The first kappa shape index (κ1) is 12.8. The van der Waals surface area contributed by atoms with Gasteiger partial charge in [0.25, 0.3) is 0 Å². The molecule has 0 aromatic carbocycles. The van der Waals surface area contributed by atoms with Crippen LogP contribution in [0.2, 0.25) is 0 Å². The smallest absolute Gasteiger partial charge is 0.259 e. The first-order valence-electron chi connectivity index (χ1n) is 4.33. The van der Waals surface area contributed by atoms with E-state index in [0.717, 1.165) is 30.1 Å². The monoisotopic (exact) mass is 246 g/mol. The van der Waals surface area contributed by atoms with E-state index in [4.69, 9.17) is 5.26 Å². The number of halogens is 3. The summed E-state index contributed by atoms with van der Waals surface area (Å²) >= 11 is 1.15. The lowest BCUT2D eigenvalue weighted by atomic mass is 10.1. The highest BCUT2D eigenvalue weighted by molar-refractivity contribution is 7.99. The van der Waals surface area contributed by atoms with Crippen LogP contribution in [0, 0.1) is 11.3 Å². The van der Waals surface area contributed by atoms with Crippen LogP contribution in [0.1, 0.15) is 18.2 Å². The first-order chi connectivity index (χ1) is 7.33. The van der Waals surface area contributed by atoms with Gasteiger partial charge in [-0.1, -0.05) is 0 Å². The van der Waals surface area contributed by atoms with Gasteiger partial charge in [-0.25, -0.2) is 0 Å². The summed E-state index contributed by atoms with van der Waals surface area (Å²) in [5.41, 5.74) is -0.662. The second-order valence-electron chi connectivity index (χ2n) is 3.28. The minimum absolute atomic E-state index is 0.123. The molecule has 86 valence electrons. The van der Waals surface area contributed by atoms with Crippen LogP contribution in [0.25, 0.3) is 0 Å². The largest absolute Gasteiger partial charge is 0.416 e. The molecular formula is C10H9F3N2S. The molecule has 0 saturated carbocycles. The summed E-state index contributed by atoms with van der Waals surface area (Å²) in [7, 11) is 0. The van der Waals surface area contributed by atoms with Crippen molar-refractivity contribution in [2.45, 2.75) is 17.8 Å². The molecule has 0 fully saturated rings. The summed E-state index contributed by atoms with van der Waals surface area (Å²) < 4.78 is 36.3. The van der Waals surface area contributed by atoms with Crippen LogP contribution >= 0.6 is 11.8 Å². The highest BCUT2D eigenvalue weighted by atomic mass is 32.2. The van der Waals surface area contributed by atoms with Crippen LogP contribution in [0.15, 0.2) is 18.3 Å². The van der Waals surface area contributed by atoms with Gasteiger partial charge in [-0.15, -0.1) is 11.8 Å². The van der Waals surface area contributed by atoms with Crippen LogP contribution in [-0.2, 0) is 10.9 Å². The van der Waals surface area contributed by atoms with Gasteiger partial charge >= 0.3 is 6.18 Å². The number of nitriles is 1. The molecular weight excluding hydrogens is 237 g/mol. The van der Waals surface area contributed by atoms with E-state index in [1.54, 1.807) is 13.2 Å². The van der Waals surface area contributed by atoms with Crippen molar-refractivity contribution in [3.8, 4) is 6.07 Å². The Labute approximate surface area is 95.5 Å². The van der Waals surface area contributed by atoms with Gasteiger partial charge < -0.3 is 0 Å². The van der Waals surface area contributed by atoms with E-state index in [0.29, 0.717) is 0 Å². The number of hydrogen-bond acceptors (Lipinski definition) is 3. The van der Waals surface area contributed by atoms with Crippen LogP contribution < -0.4 is 0 Å². The van der Waals surface area contributed by atoms with Gasteiger partial charge in [0.15, 0.2) is 0 Å². The molecule has 0 N–H and O–H groups in total. The minimum atomic E-state index is -4.41. The van der Waals surface area contributed by atoms with Gasteiger partial charge in [-0.2, -0.15) is 18.4 Å². The molecule has 1 aromatic rings. The predicted molar refractivity (Wildman–Crippen MR) is 55.7 cm³/mol. The Morgan fingerprint density at radius 1 is 1.44 bits per heavy atom. The summed E-state index contributed by atoms with van der Waals surface area (Å²) in [5, 5.41) is 8.94. The molecule has 1 atom stereocenters. The molecule has 0 aliphatic heterocycles. The molecule has 1 rings (SSSR count). The number of hydrogen-bond donors (Lipinski definition) is 0. The zero-order valence-electron chi connectivity index (χ0n) is 8.67. The summed E-state index contributed by atoms with van der Waals surface area (Å²) in [6.45, 7) is 1.54. The highest BCUT2D eigenvalue weighted by Gasteiger charge is 2.34. The zero-order chi connectivity index (χ0) is 12.4. The van der Waals surface area contributed by atoms with Crippen molar-refractivity contribution in [3.05, 3.63) is 29.6 Å². The SMILES string of the molecule is CSC(C)(C#N)c1cc(C(F)(F)F)ccn1. The van der Waals surface area contributed by atoms with E-state index in [2.05, 4.69) is 4.98 Å². The normalized spacial score (nSPS) is 15.2. The molecule has 0 aliphatic carbocycles. The van der Waals surface area contributed by atoms with E-state index < -0.39 is 16.5 Å². The lowest BCUT2D eigenvalue weighted by Crippen LogP contribution is -2.17. The number of aromatic nitrogens is 1. The van der Waals surface area contributed by atoms with Gasteiger partial charge in [-0.3, -0.25) is 4.98 Å². The van der Waals surface area contributed by atoms with E-state index in [1.807, 2.05) is 6.07 Å².